The van der Waals surface area contributed by atoms with Gasteiger partial charge in [-0.25, -0.2) is 0 Å². The lowest BCUT2D eigenvalue weighted by molar-refractivity contribution is -0.792. The van der Waals surface area contributed by atoms with Crippen LogP contribution in [0.25, 0.3) is 0 Å². The molecule has 0 unspecified atom stereocenters. The van der Waals surface area contributed by atoms with Crippen molar-refractivity contribution in [2.24, 2.45) is 0 Å². The number of rotatable bonds is 0. The molecule has 1 saturated heterocycles. The first-order chi connectivity index (χ1) is 3.39. The van der Waals surface area contributed by atoms with Crippen LogP contribution in [0.2, 0.25) is 0 Å². The number of hydrogen-bond acceptors (Lipinski definition) is 2. The van der Waals surface area contributed by atoms with Crippen molar-refractivity contribution in [3.05, 3.63) is 0 Å². The van der Waals surface area contributed by atoms with E-state index >= 15 is 0 Å². The summed E-state index contributed by atoms with van der Waals surface area (Å²) in [5.74, 6) is 1.96. The highest BCUT2D eigenvalue weighted by molar-refractivity contribution is 7.99. The van der Waals surface area contributed by atoms with E-state index in [1.807, 2.05) is 11.8 Å². The fraction of sp³-hybridized carbons (Fsp3) is 1.00. The summed E-state index contributed by atoms with van der Waals surface area (Å²) in [6.07, 6.45) is 0. The monoisotopic (exact) mass is 120 g/mol. The van der Waals surface area contributed by atoms with Gasteiger partial charge < -0.3 is 9.78 Å². The summed E-state index contributed by atoms with van der Waals surface area (Å²) in [6.45, 7) is 1.29. The molecule has 2 nitrogen and oxygen atoms in total. The van der Waals surface area contributed by atoms with E-state index in [4.69, 9.17) is 0 Å². The van der Waals surface area contributed by atoms with E-state index < -0.39 is 0 Å². The summed E-state index contributed by atoms with van der Waals surface area (Å²) in [5.41, 5.74) is 0. The molecule has 0 atom stereocenters. The minimum absolute atomic E-state index is 0.644. The molecule has 0 aliphatic carbocycles. The molecule has 7 heavy (non-hydrogen) atoms. The molecule has 0 saturated carbocycles. The first-order valence-electron chi connectivity index (χ1n) is 2.32. The predicted octanol–water partition coefficient (Wildman–Crippen LogP) is -0.439. The average Bonchev–Trinajstić information content (AvgIpc) is 1.69. The van der Waals surface area contributed by atoms with Crippen LogP contribution in [-0.4, -0.2) is 24.7 Å². The zero-order chi connectivity index (χ0) is 5.11. The Hall–Kier alpha value is 0.270. The van der Waals surface area contributed by atoms with Crippen molar-refractivity contribution in [2.75, 3.05) is 24.7 Å². The van der Waals surface area contributed by atoms with Crippen molar-refractivity contribution >= 4 is 11.8 Å². The van der Waals surface area contributed by atoms with Crippen molar-refractivity contribution < 1.29 is 9.78 Å². The summed E-state index contributed by atoms with van der Waals surface area (Å²) >= 11 is 1.84. The van der Waals surface area contributed by atoms with E-state index in [1.165, 1.54) is 0 Å². The maximum Gasteiger partial charge on any atom is 0.160 e. The molecule has 0 amide bonds. The molecular weight excluding hydrogens is 112 g/mol. The van der Waals surface area contributed by atoms with Gasteiger partial charge in [-0.05, 0) is 0 Å². The zero-order valence-electron chi connectivity index (χ0n) is 4.05. The number of thioether (sulfide) groups is 1. The van der Waals surface area contributed by atoms with Crippen LogP contribution >= 0.6 is 11.8 Å². The van der Waals surface area contributed by atoms with Crippen molar-refractivity contribution in [2.45, 2.75) is 0 Å². The minimum atomic E-state index is 0.644. The average molecular weight is 120 g/mol. The first-order valence-corrected chi connectivity index (χ1v) is 3.48. The summed E-state index contributed by atoms with van der Waals surface area (Å²) in [4.78, 5) is 0. The lowest BCUT2D eigenvalue weighted by Gasteiger charge is -2.23. The lowest BCUT2D eigenvalue weighted by atomic mass is 10.8. The maximum absolute atomic E-state index is 10.3. The smallest absolute Gasteiger partial charge is 0.160 e. The molecule has 0 N–H and O–H groups in total. The third kappa shape index (κ3) is 1.67. The van der Waals surface area contributed by atoms with Crippen LogP contribution in [0.15, 0.2) is 0 Å². The van der Waals surface area contributed by atoms with E-state index in [-0.39, 0.29) is 0 Å². The fourth-order valence-electron chi connectivity index (χ4n) is 0.508. The van der Waals surface area contributed by atoms with E-state index in [2.05, 4.69) is 0 Å². The van der Waals surface area contributed by atoms with Gasteiger partial charge >= 0.3 is 0 Å². The highest BCUT2D eigenvalue weighted by atomic mass is 32.2. The molecule has 0 radical (unpaired) electrons. The minimum Gasteiger partial charge on any atom is -0.534 e. The van der Waals surface area contributed by atoms with Crippen molar-refractivity contribution in [3.8, 4) is 0 Å². The van der Waals surface area contributed by atoms with Gasteiger partial charge in [0, 0.05) is 0 Å². The van der Waals surface area contributed by atoms with Crippen molar-refractivity contribution in [3.63, 3.8) is 0 Å². The summed E-state index contributed by atoms with van der Waals surface area (Å²) in [6, 6.07) is 0. The predicted molar refractivity (Wildman–Crippen MR) is 28.1 cm³/mol. The van der Waals surface area contributed by atoms with Gasteiger partial charge in [0.25, 0.3) is 0 Å². The van der Waals surface area contributed by atoms with Crippen LogP contribution in [0, 0.1) is 0 Å². The topological polar surface area (TPSA) is 25.8 Å². The molecule has 3 heteroatoms. The highest BCUT2D eigenvalue weighted by Crippen LogP contribution is 2.07. The Morgan fingerprint density at radius 3 is 2.14 bits per heavy atom. The fourth-order valence-corrected chi connectivity index (χ4v) is 1.32. The van der Waals surface area contributed by atoms with Gasteiger partial charge in [-0.1, -0.05) is 0 Å². The maximum atomic E-state index is 10.3. The molecule has 0 spiro atoms. The molecule has 1 heterocycles. The van der Waals surface area contributed by atoms with Crippen LogP contribution in [0.3, 0.4) is 0 Å². The normalized spacial score (nSPS) is 25.3. The highest BCUT2D eigenvalue weighted by Gasteiger charge is 2.05. The van der Waals surface area contributed by atoms with Crippen LogP contribution in [0.1, 0.15) is 0 Å². The van der Waals surface area contributed by atoms with Gasteiger partial charge in [0.1, 0.15) is 0 Å². The zero-order valence-corrected chi connectivity index (χ0v) is 4.87. The van der Waals surface area contributed by atoms with Crippen molar-refractivity contribution in [1.82, 2.24) is 0 Å². The summed E-state index contributed by atoms with van der Waals surface area (Å²) in [5, 5.41) is 10.3. The molecule has 1 rings (SSSR count). The molecule has 42 valence electrons. The van der Waals surface area contributed by atoms with Gasteiger partial charge in [0.2, 0.25) is 0 Å². The van der Waals surface area contributed by atoms with Crippen LogP contribution in [0.4, 0.5) is 0 Å². The van der Waals surface area contributed by atoms with Gasteiger partial charge in [-0.3, -0.25) is 0 Å². The second-order valence-corrected chi connectivity index (χ2v) is 2.69. The van der Waals surface area contributed by atoms with Gasteiger partial charge in [0.15, 0.2) is 13.2 Å². The molecule has 0 bridgehead atoms. The molecule has 1 fully saturated rings. The Kier molecular flexibility index (Phi) is 1.97. The molecule has 1 aliphatic heterocycles. The van der Waals surface area contributed by atoms with Crippen molar-refractivity contribution in [1.29, 1.82) is 0 Å². The summed E-state index contributed by atoms with van der Waals surface area (Å²) < 4.78 is 1.80. The molecule has 0 aromatic heterocycles. The van der Waals surface area contributed by atoms with Crippen LogP contribution in [-0.2, 0) is 4.52 Å². The van der Waals surface area contributed by atoms with Crippen LogP contribution < -0.4 is 5.26 Å². The second-order valence-electron chi connectivity index (χ2n) is 1.46. The third-order valence-corrected chi connectivity index (χ3v) is 1.82. The Bertz CT molecular complexity index is 51.7. The van der Waals surface area contributed by atoms with E-state index in [1.54, 1.807) is 4.52 Å². The SMILES string of the molecule is [O-][O+]1CCSCC1. The number of hydrogen-bond donors (Lipinski definition) is 0. The van der Waals surface area contributed by atoms with E-state index in [0.717, 1.165) is 11.5 Å². The lowest BCUT2D eigenvalue weighted by Crippen LogP contribution is -2.33. The van der Waals surface area contributed by atoms with Crippen LogP contribution in [0.5, 0.6) is 0 Å². The Morgan fingerprint density at radius 2 is 1.86 bits per heavy atom. The summed E-state index contributed by atoms with van der Waals surface area (Å²) in [7, 11) is 0. The molecule has 0 aromatic rings. The quantitative estimate of drug-likeness (QED) is 0.320. The van der Waals surface area contributed by atoms with Gasteiger partial charge in [-0.2, -0.15) is 0 Å². The standard InChI is InChI=1S/C4H8O2S/c5-6-1-3-7-4-2-6/h1-4H2. The first kappa shape index (κ1) is 5.41. The Morgan fingerprint density at radius 1 is 1.29 bits per heavy atom. The second kappa shape index (κ2) is 2.55. The van der Waals surface area contributed by atoms with E-state index in [9.17, 15) is 5.26 Å². The van der Waals surface area contributed by atoms with E-state index in [0.29, 0.717) is 13.2 Å². The third-order valence-electron chi connectivity index (χ3n) is 0.911. The molecular formula is C4H8O2S. The Balaban J connectivity index is 2.12. The Labute approximate surface area is 47.1 Å². The van der Waals surface area contributed by atoms with Gasteiger partial charge in [0.05, 0.1) is 11.5 Å². The van der Waals surface area contributed by atoms with Gasteiger partial charge in [-0.15, -0.1) is 11.8 Å². The molecule has 1 aliphatic rings. The largest absolute Gasteiger partial charge is 0.534 e. The molecule has 0 aromatic carbocycles.